The number of carbonyl (C=O) groups is 2. The van der Waals surface area contributed by atoms with Gasteiger partial charge in [0.25, 0.3) is 0 Å². The van der Waals surface area contributed by atoms with Crippen LogP contribution < -0.4 is 4.74 Å². The van der Waals surface area contributed by atoms with Crippen LogP contribution in [0.5, 0.6) is 5.75 Å². The summed E-state index contributed by atoms with van der Waals surface area (Å²) in [6.07, 6.45) is 7.85. The Morgan fingerprint density at radius 3 is 2.42 bits per heavy atom. The summed E-state index contributed by atoms with van der Waals surface area (Å²) in [5.74, 6) is -0.365. The molecular formula is C30H48N2O4. The molecule has 6 nitrogen and oxygen atoms in total. The molecule has 0 radical (unpaired) electrons. The second-order valence-electron chi connectivity index (χ2n) is 11.6. The first-order chi connectivity index (χ1) is 17.2. The molecule has 6 heteroatoms. The molecule has 0 unspecified atom stereocenters. The maximum atomic E-state index is 13.5. The van der Waals surface area contributed by atoms with E-state index in [4.69, 9.17) is 4.74 Å². The van der Waals surface area contributed by atoms with E-state index in [0.717, 1.165) is 75.8 Å². The van der Waals surface area contributed by atoms with Crippen LogP contribution in [0.25, 0.3) is 0 Å². The molecule has 1 aromatic rings. The fraction of sp³-hybridized carbons (Fsp3) is 0.733. The van der Waals surface area contributed by atoms with Crippen LogP contribution in [-0.2, 0) is 16.0 Å². The molecule has 202 valence electrons. The number of fused-ring (bicyclic) bond motifs is 1. The number of benzene rings is 1. The van der Waals surface area contributed by atoms with Gasteiger partial charge in [-0.05, 0) is 48.3 Å². The molecule has 1 fully saturated rings. The van der Waals surface area contributed by atoms with Crippen LogP contribution in [-0.4, -0.2) is 65.6 Å². The molecule has 1 N–H and O–H groups in total. The van der Waals surface area contributed by atoms with Crippen LogP contribution in [0.2, 0.25) is 0 Å². The minimum Gasteiger partial charge on any atom is -0.493 e. The van der Waals surface area contributed by atoms with Gasteiger partial charge in [0.2, 0.25) is 5.91 Å². The number of amides is 1. The van der Waals surface area contributed by atoms with Crippen molar-refractivity contribution in [1.29, 1.82) is 0 Å². The lowest BCUT2D eigenvalue weighted by atomic mass is 9.76. The first kappa shape index (κ1) is 28.5. The SMILES string of the molecule is CCCCN(CCCC)C(=O)CN1C[C@H](c2ccc3c(c2)CCO3)[C@@H](C(=O)O)[C@@H]1CC(C)(C)CCC. The Hall–Kier alpha value is -2.08. The smallest absolute Gasteiger partial charge is 0.308 e. The highest BCUT2D eigenvalue weighted by atomic mass is 16.5. The van der Waals surface area contributed by atoms with Crippen molar-refractivity contribution in [2.24, 2.45) is 11.3 Å². The molecule has 0 aliphatic carbocycles. The van der Waals surface area contributed by atoms with E-state index in [1.54, 1.807) is 0 Å². The Bertz CT molecular complexity index is 876. The van der Waals surface area contributed by atoms with E-state index < -0.39 is 11.9 Å². The van der Waals surface area contributed by atoms with Gasteiger partial charge >= 0.3 is 5.97 Å². The van der Waals surface area contributed by atoms with Gasteiger partial charge in [0.1, 0.15) is 5.75 Å². The average molecular weight is 501 g/mol. The van der Waals surface area contributed by atoms with Gasteiger partial charge in [-0.25, -0.2) is 0 Å². The zero-order valence-electron chi connectivity index (χ0n) is 23.2. The summed E-state index contributed by atoms with van der Waals surface area (Å²) in [6, 6.07) is 6.02. The molecule has 2 aliphatic rings. The summed E-state index contributed by atoms with van der Waals surface area (Å²) in [6.45, 7) is 14.1. The molecule has 0 spiro atoms. The van der Waals surface area contributed by atoms with E-state index in [1.165, 1.54) is 5.56 Å². The molecule has 1 saturated heterocycles. The Morgan fingerprint density at radius 2 is 1.81 bits per heavy atom. The average Bonchev–Trinajstić information content (AvgIpc) is 3.43. The summed E-state index contributed by atoms with van der Waals surface area (Å²) >= 11 is 0. The summed E-state index contributed by atoms with van der Waals surface area (Å²) in [5.41, 5.74) is 2.24. The number of nitrogens with zero attached hydrogens (tertiary/aromatic N) is 2. The molecule has 0 saturated carbocycles. The van der Waals surface area contributed by atoms with Gasteiger partial charge in [-0.15, -0.1) is 0 Å². The summed E-state index contributed by atoms with van der Waals surface area (Å²) in [4.78, 5) is 30.5. The molecule has 3 rings (SSSR count). The van der Waals surface area contributed by atoms with Gasteiger partial charge in [-0.3, -0.25) is 14.5 Å². The van der Waals surface area contributed by atoms with Crippen molar-refractivity contribution in [2.75, 3.05) is 32.8 Å². The summed E-state index contributed by atoms with van der Waals surface area (Å²) in [7, 11) is 0. The maximum absolute atomic E-state index is 13.5. The zero-order valence-corrected chi connectivity index (χ0v) is 23.2. The molecule has 1 amide bonds. The molecule has 2 aliphatic heterocycles. The second kappa shape index (κ2) is 12.9. The lowest BCUT2D eigenvalue weighted by Gasteiger charge is -2.35. The number of hydrogen-bond donors (Lipinski definition) is 1. The highest BCUT2D eigenvalue weighted by Crippen LogP contribution is 2.44. The monoisotopic (exact) mass is 500 g/mol. The van der Waals surface area contributed by atoms with Crippen LogP contribution in [0, 0.1) is 11.3 Å². The Morgan fingerprint density at radius 1 is 1.11 bits per heavy atom. The minimum atomic E-state index is -0.752. The number of unbranched alkanes of at least 4 members (excludes halogenated alkanes) is 2. The predicted octanol–water partition coefficient (Wildman–Crippen LogP) is 5.74. The number of rotatable bonds is 14. The predicted molar refractivity (Wildman–Crippen MR) is 145 cm³/mol. The standard InChI is InChI=1S/C30H48N2O4/c1-6-9-15-31(16-10-7-2)27(33)21-32-20-24(22-11-12-26-23(18-22)13-17-36-26)28(29(34)35)25(32)19-30(4,5)14-8-3/h11-12,18,24-25,28H,6-10,13-17,19-21H2,1-5H3,(H,34,35)/t24-,25+,28-/m1/s1. The molecular weight excluding hydrogens is 452 g/mol. The van der Waals surface area contributed by atoms with Gasteiger partial charge in [-0.2, -0.15) is 0 Å². The van der Waals surface area contributed by atoms with E-state index in [0.29, 0.717) is 19.7 Å². The molecule has 36 heavy (non-hydrogen) atoms. The topological polar surface area (TPSA) is 70.1 Å². The Labute approximate surface area is 218 Å². The molecule has 0 bridgehead atoms. The van der Waals surface area contributed by atoms with Gasteiger partial charge < -0.3 is 14.7 Å². The third-order valence-electron chi connectivity index (χ3n) is 8.12. The quantitative estimate of drug-likeness (QED) is 0.353. The van der Waals surface area contributed by atoms with Gasteiger partial charge in [0.05, 0.1) is 19.1 Å². The van der Waals surface area contributed by atoms with E-state index in [-0.39, 0.29) is 23.3 Å². The second-order valence-corrected chi connectivity index (χ2v) is 11.6. The number of carboxylic acids is 1. The Balaban J connectivity index is 1.90. The number of ether oxygens (including phenoxy) is 1. The highest BCUT2D eigenvalue weighted by Gasteiger charge is 2.48. The lowest BCUT2D eigenvalue weighted by Crippen LogP contribution is -2.46. The minimum absolute atomic E-state index is 0.0131. The molecule has 2 heterocycles. The van der Waals surface area contributed by atoms with Gasteiger partial charge in [-0.1, -0.05) is 66.0 Å². The van der Waals surface area contributed by atoms with Crippen LogP contribution in [0.4, 0.5) is 0 Å². The number of hydrogen-bond acceptors (Lipinski definition) is 4. The van der Waals surface area contributed by atoms with Crippen molar-refractivity contribution in [2.45, 2.75) is 97.9 Å². The van der Waals surface area contributed by atoms with Gasteiger partial charge in [0.15, 0.2) is 0 Å². The summed E-state index contributed by atoms with van der Waals surface area (Å²) in [5, 5.41) is 10.5. The molecule has 3 atom stereocenters. The fourth-order valence-corrected chi connectivity index (χ4v) is 6.20. The molecule has 0 aromatic heterocycles. The summed E-state index contributed by atoms with van der Waals surface area (Å²) < 4.78 is 5.69. The van der Waals surface area contributed by atoms with Crippen molar-refractivity contribution in [1.82, 2.24) is 9.80 Å². The van der Waals surface area contributed by atoms with E-state index in [1.807, 2.05) is 17.0 Å². The fourth-order valence-electron chi connectivity index (χ4n) is 6.20. The normalized spacial score (nSPS) is 21.9. The van der Waals surface area contributed by atoms with Crippen molar-refractivity contribution in [3.05, 3.63) is 29.3 Å². The first-order valence-electron chi connectivity index (χ1n) is 14.2. The van der Waals surface area contributed by atoms with Crippen LogP contribution >= 0.6 is 0 Å². The molecule has 1 aromatic carbocycles. The van der Waals surface area contributed by atoms with Crippen LogP contribution in [0.1, 0.15) is 96.6 Å². The number of carbonyl (C=O) groups excluding carboxylic acids is 1. The van der Waals surface area contributed by atoms with Crippen molar-refractivity contribution < 1.29 is 19.4 Å². The van der Waals surface area contributed by atoms with Crippen molar-refractivity contribution in [3.63, 3.8) is 0 Å². The van der Waals surface area contributed by atoms with Crippen LogP contribution in [0.3, 0.4) is 0 Å². The third kappa shape index (κ3) is 7.02. The maximum Gasteiger partial charge on any atom is 0.308 e. The van der Waals surface area contributed by atoms with Crippen LogP contribution in [0.15, 0.2) is 18.2 Å². The highest BCUT2D eigenvalue weighted by molar-refractivity contribution is 5.79. The number of likely N-dealkylation sites (tertiary alicyclic amines) is 1. The van der Waals surface area contributed by atoms with E-state index >= 15 is 0 Å². The van der Waals surface area contributed by atoms with E-state index in [9.17, 15) is 14.7 Å². The number of aliphatic carboxylic acids is 1. The first-order valence-corrected chi connectivity index (χ1v) is 14.2. The number of carboxylic acid groups (broad SMARTS) is 1. The van der Waals surface area contributed by atoms with Crippen molar-refractivity contribution >= 4 is 11.9 Å². The lowest BCUT2D eigenvalue weighted by molar-refractivity contribution is -0.144. The Kier molecular flexibility index (Phi) is 10.2. The zero-order chi connectivity index (χ0) is 26.3. The van der Waals surface area contributed by atoms with E-state index in [2.05, 4.69) is 45.6 Å². The van der Waals surface area contributed by atoms with Crippen molar-refractivity contribution in [3.8, 4) is 5.75 Å². The third-order valence-corrected chi connectivity index (χ3v) is 8.12. The largest absolute Gasteiger partial charge is 0.493 e. The van der Waals surface area contributed by atoms with Gasteiger partial charge in [0, 0.05) is 38.0 Å².